The standard InChI is InChI=1S/C25H19F6N3O4S/c1-13(24(26,27)28)32-12-34(33-9-8-18(35)22(36)21(33)23(32)37)20-16-7-6-15(38-25(29,30)31)10-14(16)11-39-19-5-3-2-4-17(19)20/h2-10,13,20,36H,11-12H2,1H3/t13-,20-/m1/s1. The van der Waals surface area contributed by atoms with Gasteiger partial charge in [0.2, 0.25) is 5.43 Å². The largest absolute Gasteiger partial charge is 0.573 e. The Morgan fingerprint density at radius 1 is 1.03 bits per heavy atom. The van der Waals surface area contributed by atoms with Crippen molar-refractivity contribution >= 4 is 17.7 Å². The summed E-state index contributed by atoms with van der Waals surface area (Å²) in [4.78, 5) is 26.6. The monoisotopic (exact) mass is 571 g/mol. The fourth-order valence-corrected chi connectivity index (χ4v) is 5.77. The Morgan fingerprint density at radius 3 is 2.44 bits per heavy atom. The number of pyridine rings is 1. The summed E-state index contributed by atoms with van der Waals surface area (Å²) in [5.74, 6) is -2.46. The average molecular weight is 571 g/mol. The van der Waals surface area contributed by atoms with Crippen LogP contribution in [-0.2, 0) is 5.75 Å². The van der Waals surface area contributed by atoms with E-state index in [1.54, 1.807) is 24.3 Å². The first kappa shape index (κ1) is 26.8. The summed E-state index contributed by atoms with van der Waals surface area (Å²) in [7, 11) is 0. The molecule has 0 saturated heterocycles. The molecule has 0 radical (unpaired) electrons. The molecule has 1 N–H and O–H groups in total. The van der Waals surface area contributed by atoms with Crippen LogP contribution in [0.25, 0.3) is 0 Å². The van der Waals surface area contributed by atoms with Crippen molar-refractivity contribution in [2.45, 2.75) is 42.2 Å². The SMILES string of the molecule is C[C@@H](N1CN([C@@H]2c3ccc(OC(F)(F)F)cc3CSc3ccccc32)n2ccc(=O)c(O)c2C1=O)C(F)(F)F. The number of rotatable bonds is 3. The molecule has 3 heterocycles. The molecule has 0 saturated carbocycles. The Bertz CT molecular complexity index is 1510. The lowest BCUT2D eigenvalue weighted by Crippen LogP contribution is -2.60. The molecule has 0 bridgehead atoms. The van der Waals surface area contributed by atoms with Crippen LogP contribution in [0.2, 0.25) is 0 Å². The third kappa shape index (κ3) is 4.88. The van der Waals surface area contributed by atoms with Crippen molar-refractivity contribution in [3.05, 3.63) is 87.3 Å². The Morgan fingerprint density at radius 2 is 1.74 bits per heavy atom. The molecule has 2 aliphatic heterocycles. The number of carbonyl (C=O) groups excluding carboxylic acids is 1. The third-order valence-corrected chi connectivity index (χ3v) is 7.71. The van der Waals surface area contributed by atoms with E-state index >= 15 is 0 Å². The van der Waals surface area contributed by atoms with Crippen LogP contribution >= 0.6 is 11.8 Å². The zero-order valence-corrected chi connectivity index (χ0v) is 20.8. The van der Waals surface area contributed by atoms with Crippen LogP contribution in [0, 0.1) is 0 Å². The molecule has 1 amide bonds. The van der Waals surface area contributed by atoms with Crippen molar-refractivity contribution in [2.75, 3.05) is 11.7 Å². The number of carbonyl (C=O) groups is 1. The Hall–Kier alpha value is -3.81. The number of ether oxygens (including phenoxy) is 1. The first-order valence-electron chi connectivity index (χ1n) is 11.5. The molecule has 206 valence electrons. The van der Waals surface area contributed by atoms with Crippen molar-refractivity contribution in [2.24, 2.45) is 0 Å². The molecule has 39 heavy (non-hydrogen) atoms. The highest BCUT2D eigenvalue weighted by atomic mass is 32.2. The van der Waals surface area contributed by atoms with Crippen molar-refractivity contribution in [3.63, 3.8) is 0 Å². The molecule has 0 fully saturated rings. The zero-order valence-electron chi connectivity index (χ0n) is 20.0. The van der Waals surface area contributed by atoms with E-state index in [0.717, 1.165) is 23.7 Å². The van der Waals surface area contributed by atoms with E-state index in [1.165, 1.54) is 35.1 Å². The Balaban J connectivity index is 1.74. The Labute approximate surface area is 221 Å². The summed E-state index contributed by atoms with van der Waals surface area (Å²) in [6, 6.07) is 8.39. The molecule has 14 heteroatoms. The predicted octanol–water partition coefficient (Wildman–Crippen LogP) is 5.15. The van der Waals surface area contributed by atoms with Crippen LogP contribution < -0.4 is 15.2 Å². The lowest BCUT2D eigenvalue weighted by molar-refractivity contribution is -0.274. The minimum absolute atomic E-state index is 0.218. The van der Waals surface area contributed by atoms with Crippen LogP contribution in [0.15, 0.2) is 64.4 Å². The first-order valence-corrected chi connectivity index (χ1v) is 12.4. The quantitative estimate of drug-likeness (QED) is 0.439. The maximum atomic E-state index is 13.8. The van der Waals surface area contributed by atoms with Gasteiger partial charge in [0.1, 0.15) is 18.5 Å². The molecule has 2 aliphatic rings. The molecule has 1 aromatic heterocycles. The van der Waals surface area contributed by atoms with E-state index in [1.807, 2.05) is 0 Å². The van der Waals surface area contributed by atoms with Crippen molar-refractivity contribution in [3.8, 4) is 11.5 Å². The topological polar surface area (TPSA) is 75.0 Å². The van der Waals surface area contributed by atoms with Gasteiger partial charge in [-0.2, -0.15) is 13.2 Å². The molecule has 7 nitrogen and oxygen atoms in total. The van der Waals surface area contributed by atoms with Gasteiger partial charge in [-0.3, -0.25) is 19.3 Å². The third-order valence-electron chi connectivity index (χ3n) is 6.57. The van der Waals surface area contributed by atoms with E-state index in [0.29, 0.717) is 26.5 Å². The number of aromatic hydroxyl groups is 1. The van der Waals surface area contributed by atoms with Gasteiger partial charge in [0.05, 0.1) is 6.04 Å². The molecule has 0 aliphatic carbocycles. The van der Waals surface area contributed by atoms with Crippen LogP contribution in [0.5, 0.6) is 11.5 Å². The number of hydrogen-bond acceptors (Lipinski definition) is 6. The van der Waals surface area contributed by atoms with E-state index in [-0.39, 0.29) is 5.75 Å². The summed E-state index contributed by atoms with van der Waals surface area (Å²) in [6.07, 6.45) is -8.59. The summed E-state index contributed by atoms with van der Waals surface area (Å²) < 4.78 is 85.3. The number of amides is 1. The second kappa shape index (κ2) is 9.43. The number of alkyl halides is 6. The van der Waals surface area contributed by atoms with Gasteiger partial charge >= 0.3 is 12.5 Å². The molecule has 0 spiro atoms. The molecule has 2 atom stereocenters. The van der Waals surface area contributed by atoms with Gasteiger partial charge in [0.15, 0.2) is 11.4 Å². The fourth-order valence-electron chi connectivity index (χ4n) is 4.69. The highest BCUT2D eigenvalue weighted by molar-refractivity contribution is 7.98. The maximum absolute atomic E-state index is 13.8. The number of hydrogen-bond donors (Lipinski definition) is 1. The van der Waals surface area contributed by atoms with E-state index in [2.05, 4.69) is 4.74 Å². The van der Waals surface area contributed by atoms with Crippen molar-refractivity contribution in [1.29, 1.82) is 0 Å². The maximum Gasteiger partial charge on any atom is 0.573 e. The molecule has 0 unspecified atom stereocenters. The highest BCUT2D eigenvalue weighted by Crippen LogP contribution is 2.44. The number of benzene rings is 2. The van der Waals surface area contributed by atoms with E-state index in [9.17, 15) is 41.0 Å². The second-order valence-electron chi connectivity index (χ2n) is 8.93. The molecular weight excluding hydrogens is 552 g/mol. The normalized spacial score (nSPS) is 18.1. The van der Waals surface area contributed by atoms with E-state index < -0.39 is 59.8 Å². The number of nitrogens with zero attached hydrogens (tertiary/aromatic N) is 3. The number of thioether (sulfide) groups is 1. The lowest BCUT2D eigenvalue weighted by Gasteiger charge is -2.46. The van der Waals surface area contributed by atoms with Gasteiger partial charge in [-0.25, -0.2) is 0 Å². The van der Waals surface area contributed by atoms with Gasteiger partial charge in [-0.15, -0.1) is 24.9 Å². The van der Waals surface area contributed by atoms with Gasteiger partial charge in [0, 0.05) is 22.9 Å². The summed E-state index contributed by atoms with van der Waals surface area (Å²) >= 11 is 1.31. The Kier molecular flexibility index (Phi) is 6.48. The minimum Gasteiger partial charge on any atom is -0.502 e. The van der Waals surface area contributed by atoms with Gasteiger partial charge < -0.3 is 14.7 Å². The summed E-state index contributed by atoms with van der Waals surface area (Å²) in [6.45, 7) is 0.175. The number of fused-ring (bicyclic) bond motifs is 3. The zero-order chi connectivity index (χ0) is 28.3. The molecule has 2 aromatic carbocycles. The number of aromatic nitrogens is 1. The molecule has 3 aromatic rings. The van der Waals surface area contributed by atoms with Gasteiger partial charge in [-0.05, 0) is 41.8 Å². The van der Waals surface area contributed by atoms with Crippen LogP contribution in [0.1, 0.15) is 40.1 Å². The van der Waals surface area contributed by atoms with E-state index in [4.69, 9.17) is 0 Å². The number of halogens is 6. The molecule has 5 rings (SSSR count). The van der Waals surface area contributed by atoms with Gasteiger partial charge in [-0.1, -0.05) is 24.3 Å². The first-order chi connectivity index (χ1) is 18.3. The predicted molar refractivity (Wildman–Crippen MR) is 128 cm³/mol. The van der Waals surface area contributed by atoms with Crippen molar-refractivity contribution in [1.82, 2.24) is 9.58 Å². The van der Waals surface area contributed by atoms with Gasteiger partial charge in [0.25, 0.3) is 5.91 Å². The van der Waals surface area contributed by atoms with Crippen LogP contribution in [-0.4, -0.2) is 45.8 Å². The van der Waals surface area contributed by atoms with Crippen molar-refractivity contribution < 1.29 is 41.0 Å². The average Bonchev–Trinajstić information content (AvgIpc) is 3.01. The smallest absolute Gasteiger partial charge is 0.502 e. The summed E-state index contributed by atoms with van der Waals surface area (Å²) in [5, 5.41) is 11.9. The van der Waals surface area contributed by atoms with Crippen LogP contribution in [0.3, 0.4) is 0 Å². The molecular formula is C25H19F6N3O4S. The summed E-state index contributed by atoms with van der Waals surface area (Å²) in [5.41, 5.74) is -0.147. The van der Waals surface area contributed by atoms with Crippen LogP contribution in [0.4, 0.5) is 26.3 Å². The second-order valence-corrected chi connectivity index (χ2v) is 9.95. The lowest BCUT2D eigenvalue weighted by atomic mass is 9.94. The minimum atomic E-state index is -4.93. The highest BCUT2D eigenvalue weighted by Gasteiger charge is 2.47. The fraction of sp³-hybridized carbons (Fsp3) is 0.280.